The molecule has 78 valence electrons. The van der Waals surface area contributed by atoms with Crippen molar-refractivity contribution in [1.29, 1.82) is 0 Å². The van der Waals surface area contributed by atoms with Gasteiger partial charge in [-0.2, -0.15) is 0 Å². The van der Waals surface area contributed by atoms with Crippen molar-refractivity contribution >= 4 is 0 Å². The van der Waals surface area contributed by atoms with Crippen LogP contribution in [0.5, 0.6) is 0 Å². The van der Waals surface area contributed by atoms with Crippen LogP contribution in [0.4, 0.5) is 0 Å². The summed E-state index contributed by atoms with van der Waals surface area (Å²) in [5.74, 6) is 0.356. The van der Waals surface area contributed by atoms with Gasteiger partial charge in [0.1, 0.15) is 0 Å². The number of aliphatic hydroxyl groups is 3. The lowest BCUT2D eigenvalue weighted by Gasteiger charge is -2.38. The standard InChI is InChI=1S/C10H20O3/c1-7-3-4-8(5-9(7)12)10(2,13)6-11/h7-9,11-13H,3-6H2,1-2H3/t7-,8+,9-,10-/m0/s1. The molecule has 1 saturated carbocycles. The molecular formula is C10H20O3. The molecule has 1 fully saturated rings. The monoisotopic (exact) mass is 188 g/mol. The van der Waals surface area contributed by atoms with Crippen LogP contribution < -0.4 is 0 Å². The van der Waals surface area contributed by atoms with Crippen molar-refractivity contribution in [2.24, 2.45) is 11.8 Å². The minimum Gasteiger partial charge on any atom is -0.393 e. The Morgan fingerprint density at radius 1 is 1.38 bits per heavy atom. The third kappa shape index (κ3) is 2.42. The topological polar surface area (TPSA) is 60.7 Å². The van der Waals surface area contributed by atoms with E-state index in [4.69, 9.17) is 5.11 Å². The Labute approximate surface area is 79.4 Å². The van der Waals surface area contributed by atoms with Crippen molar-refractivity contribution in [2.45, 2.75) is 44.8 Å². The summed E-state index contributed by atoms with van der Waals surface area (Å²) in [4.78, 5) is 0. The van der Waals surface area contributed by atoms with Crippen LogP contribution in [0.15, 0.2) is 0 Å². The van der Waals surface area contributed by atoms with E-state index in [2.05, 4.69) is 0 Å². The van der Waals surface area contributed by atoms with Crippen LogP contribution in [0, 0.1) is 11.8 Å². The molecule has 0 aromatic rings. The summed E-state index contributed by atoms with van der Waals surface area (Å²) >= 11 is 0. The Kier molecular flexibility index (Phi) is 3.33. The summed E-state index contributed by atoms with van der Waals surface area (Å²) in [6.07, 6.45) is 2.11. The van der Waals surface area contributed by atoms with Gasteiger partial charge in [0, 0.05) is 0 Å². The van der Waals surface area contributed by atoms with Crippen molar-refractivity contribution in [1.82, 2.24) is 0 Å². The summed E-state index contributed by atoms with van der Waals surface area (Å²) in [7, 11) is 0. The normalized spacial score (nSPS) is 39.9. The lowest BCUT2D eigenvalue weighted by atomic mass is 9.73. The second-order valence-electron chi connectivity index (χ2n) is 4.57. The SMILES string of the molecule is C[C@H]1CC[C@@H]([C@@](C)(O)CO)C[C@@H]1O. The number of hydrogen-bond acceptors (Lipinski definition) is 3. The number of rotatable bonds is 2. The molecule has 1 aliphatic rings. The first-order valence-electron chi connectivity index (χ1n) is 4.98. The molecule has 0 aliphatic heterocycles. The predicted molar refractivity (Wildman–Crippen MR) is 50.2 cm³/mol. The first-order valence-corrected chi connectivity index (χ1v) is 4.98. The third-order valence-electron chi connectivity index (χ3n) is 3.35. The minimum atomic E-state index is -1.03. The van der Waals surface area contributed by atoms with Gasteiger partial charge in [-0.3, -0.25) is 0 Å². The predicted octanol–water partition coefficient (Wildman–Crippen LogP) is 0.527. The van der Waals surface area contributed by atoms with E-state index in [0.29, 0.717) is 12.3 Å². The fraction of sp³-hybridized carbons (Fsp3) is 1.00. The van der Waals surface area contributed by atoms with Gasteiger partial charge in [0.25, 0.3) is 0 Å². The molecular weight excluding hydrogens is 168 g/mol. The van der Waals surface area contributed by atoms with Gasteiger partial charge in [0.2, 0.25) is 0 Å². The highest BCUT2D eigenvalue weighted by atomic mass is 16.3. The first-order chi connectivity index (χ1) is 5.97. The highest BCUT2D eigenvalue weighted by molar-refractivity contribution is 4.88. The van der Waals surface area contributed by atoms with Crippen molar-refractivity contribution in [3.05, 3.63) is 0 Å². The maximum absolute atomic E-state index is 9.79. The van der Waals surface area contributed by atoms with Crippen LogP contribution in [0.2, 0.25) is 0 Å². The summed E-state index contributed by atoms with van der Waals surface area (Å²) < 4.78 is 0. The van der Waals surface area contributed by atoms with E-state index in [1.54, 1.807) is 6.92 Å². The fourth-order valence-electron chi connectivity index (χ4n) is 1.99. The Bertz CT molecular complexity index is 168. The molecule has 0 heterocycles. The van der Waals surface area contributed by atoms with Crippen molar-refractivity contribution in [3.8, 4) is 0 Å². The minimum absolute atomic E-state index is 0.0312. The molecule has 0 bridgehead atoms. The van der Waals surface area contributed by atoms with Crippen molar-refractivity contribution in [2.75, 3.05) is 6.61 Å². The summed E-state index contributed by atoms with van der Waals surface area (Å²) in [6, 6.07) is 0. The van der Waals surface area contributed by atoms with Crippen LogP contribution in [0.3, 0.4) is 0 Å². The van der Waals surface area contributed by atoms with Crippen molar-refractivity contribution in [3.63, 3.8) is 0 Å². The molecule has 4 atom stereocenters. The lowest BCUT2D eigenvalue weighted by molar-refractivity contribution is -0.0836. The molecule has 0 spiro atoms. The highest BCUT2D eigenvalue weighted by Gasteiger charge is 2.37. The highest BCUT2D eigenvalue weighted by Crippen LogP contribution is 2.35. The van der Waals surface area contributed by atoms with E-state index in [-0.39, 0.29) is 18.6 Å². The van der Waals surface area contributed by atoms with Gasteiger partial charge in [0.15, 0.2) is 0 Å². The molecule has 3 nitrogen and oxygen atoms in total. The second kappa shape index (κ2) is 3.95. The van der Waals surface area contributed by atoms with E-state index in [1.165, 1.54) is 0 Å². The zero-order valence-corrected chi connectivity index (χ0v) is 8.40. The molecule has 0 aromatic carbocycles. The van der Waals surface area contributed by atoms with Crippen LogP contribution in [-0.4, -0.2) is 33.6 Å². The van der Waals surface area contributed by atoms with Gasteiger partial charge in [0.05, 0.1) is 18.3 Å². The Balaban J connectivity index is 2.55. The van der Waals surface area contributed by atoms with Crippen molar-refractivity contribution < 1.29 is 15.3 Å². The zero-order chi connectivity index (χ0) is 10.1. The molecule has 1 rings (SSSR count). The quantitative estimate of drug-likeness (QED) is 0.592. The van der Waals surface area contributed by atoms with Gasteiger partial charge in [-0.15, -0.1) is 0 Å². The molecule has 0 unspecified atom stereocenters. The molecule has 0 amide bonds. The Morgan fingerprint density at radius 3 is 2.46 bits per heavy atom. The van der Waals surface area contributed by atoms with Crippen LogP contribution in [0.1, 0.15) is 33.1 Å². The van der Waals surface area contributed by atoms with Gasteiger partial charge in [-0.25, -0.2) is 0 Å². The fourth-order valence-corrected chi connectivity index (χ4v) is 1.99. The Hall–Kier alpha value is -0.120. The van der Waals surface area contributed by atoms with Crippen LogP contribution in [0.25, 0.3) is 0 Å². The van der Waals surface area contributed by atoms with Gasteiger partial charge < -0.3 is 15.3 Å². The molecule has 13 heavy (non-hydrogen) atoms. The van der Waals surface area contributed by atoms with E-state index >= 15 is 0 Å². The maximum atomic E-state index is 9.79. The lowest BCUT2D eigenvalue weighted by Crippen LogP contribution is -2.43. The molecule has 0 saturated heterocycles. The molecule has 0 radical (unpaired) electrons. The molecule has 0 aromatic heterocycles. The average molecular weight is 188 g/mol. The number of hydrogen-bond donors (Lipinski definition) is 3. The first kappa shape index (κ1) is 11.0. The summed E-state index contributed by atoms with van der Waals surface area (Å²) in [5.41, 5.74) is -1.03. The smallest absolute Gasteiger partial charge is 0.0878 e. The van der Waals surface area contributed by atoms with E-state index in [1.807, 2.05) is 6.92 Å². The van der Waals surface area contributed by atoms with E-state index in [9.17, 15) is 10.2 Å². The maximum Gasteiger partial charge on any atom is 0.0878 e. The van der Waals surface area contributed by atoms with Crippen LogP contribution >= 0.6 is 0 Å². The zero-order valence-electron chi connectivity index (χ0n) is 8.40. The van der Waals surface area contributed by atoms with Crippen LogP contribution in [-0.2, 0) is 0 Å². The Morgan fingerprint density at radius 2 is 2.00 bits per heavy atom. The molecule has 3 heteroatoms. The molecule has 3 N–H and O–H groups in total. The summed E-state index contributed by atoms with van der Waals surface area (Å²) in [6.45, 7) is 3.44. The summed E-state index contributed by atoms with van der Waals surface area (Å²) in [5, 5.41) is 28.4. The second-order valence-corrected chi connectivity index (χ2v) is 4.57. The van der Waals surface area contributed by atoms with Gasteiger partial charge >= 0.3 is 0 Å². The van der Waals surface area contributed by atoms with Gasteiger partial charge in [-0.1, -0.05) is 6.92 Å². The van der Waals surface area contributed by atoms with E-state index in [0.717, 1.165) is 12.8 Å². The third-order valence-corrected chi connectivity index (χ3v) is 3.35. The largest absolute Gasteiger partial charge is 0.393 e. The van der Waals surface area contributed by atoms with E-state index < -0.39 is 5.60 Å². The number of aliphatic hydroxyl groups excluding tert-OH is 2. The van der Waals surface area contributed by atoms with Gasteiger partial charge in [-0.05, 0) is 38.0 Å². The molecule has 1 aliphatic carbocycles. The average Bonchev–Trinajstić information content (AvgIpc) is 2.09.